The van der Waals surface area contributed by atoms with Crippen molar-refractivity contribution in [2.24, 2.45) is 0 Å². The zero-order chi connectivity index (χ0) is 8.97. The van der Waals surface area contributed by atoms with Crippen molar-refractivity contribution in [3.63, 3.8) is 0 Å². The number of hydrogen-bond donors (Lipinski definition) is 3. The van der Waals surface area contributed by atoms with Crippen LogP contribution in [0.5, 0.6) is 0 Å². The molecule has 0 heterocycles. The Kier molecular flexibility index (Phi) is 2.94. The summed E-state index contributed by atoms with van der Waals surface area (Å²) in [6, 6.07) is 5.72. The van der Waals surface area contributed by atoms with Crippen LogP contribution in [0.1, 0.15) is 12.5 Å². The van der Waals surface area contributed by atoms with Crippen LogP contribution >= 0.6 is 0 Å². The minimum atomic E-state index is 0.648. The van der Waals surface area contributed by atoms with Gasteiger partial charge in [-0.1, -0.05) is 13.0 Å². The van der Waals surface area contributed by atoms with Gasteiger partial charge in [0.1, 0.15) is 0 Å². The van der Waals surface area contributed by atoms with Gasteiger partial charge in [0.15, 0.2) is 0 Å². The Labute approximate surface area is 72.8 Å². The van der Waals surface area contributed by atoms with Gasteiger partial charge in [0, 0.05) is 6.54 Å². The van der Waals surface area contributed by atoms with E-state index in [1.54, 1.807) is 0 Å². The van der Waals surface area contributed by atoms with Gasteiger partial charge in [0.05, 0.1) is 11.4 Å². The molecule has 0 fully saturated rings. The lowest BCUT2D eigenvalue weighted by Gasteiger charge is -2.04. The van der Waals surface area contributed by atoms with Crippen LogP contribution in [0.3, 0.4) is 0 Å². The molecule has 5 N–H and O–H groups in total. The molecule has 0 radical (unpaired) electrons. The van der Waals surface area contributed by atoms with Gasteiger partial charge in [-0.05, 0) is 24.2 Å². The topological polar surface area (TPSA) is 64.1 Å². The third-order valence-corrected chi connectivity index (χ3v) is 1.73. The first-order chi connectivity index (χ1) is 5.74. The number of rotatable bonds is 3. The summed E-state index contributed by atoms with van der Waals surface area (Å²) in [6.07, 6.45) is 0. The fourth-order valence-electron chi connectivity index (χ4n) is 1.00. The second-order valence-corrected chi connectivity index (χ2v) is 2.74. The summed E-state index contributed by atoms with van der Waals surface area (Å²) >= 11 is 0. The monoisotopic (exact) mass is 165 g/mol. The van der Waals surface area contributed by atoms with E-state index < -0.39 is 0 Å². The third-order valence-electron chi connectivity index (χ3n) is 1.73. The summed E-state index contributed by atoms with van der Waals surface area (Å²) in [6.45, 7) is 3.88. The van der Waals surface area contributed by atoms with E-state index >= 15 is 0 Å². The first-order valence-electron chi connectivity index (χ1n) is 4.08. The van der Waals surface area contributed by atoms with Crippen molar-refractivity contribution in [2.75, 3.05) is 18.0 Å². The van der Waals surface area contributed by atoms with E-state index in [9.17, 15) is 0 Å². The molecule has 0 unspecified atom stereocenters. The smallest absolute Gasteiger partial charge is 0.0551 e. The quantitative estimate of drug-likeness (QED) is 0.584. The molecule has 0 amide bonds. The number of benzene rings is 1. The van der Waals surface area contributed by atoms with Crippen LogP contribution in [-0.4, -0.2) is 6.54 Å². The van der Waals surface area contributed by atoms with Gasteiger partial charge in [-0.2, -0.15) is 0 Å². The van der Waals surface area contributed by atoms with Gasteiger partial charge >= 0.3 is 0 Å². The van der Waals surface area contributed by atoms with Crippen molar-refractivity contribution in [1.82, 2.24) is 5.32 Å². The number of nitrogens with two attached hydrogens (primary N) is 2. The Morgan fingerprint density at radius 2 is 2.00 bits per heavy atom. The Morgan fingerprint density at radius 3 is 2.58 bits per heavy atom. The first-order valence-corrected chi connectivity index (χ1v) is 4.08. The summed E-state index contributed by atoms with van der Waals surface area (Å²) in [5, 5.41) is 3.21. The molecular formula is C9H15N3. The molecule has 0 spiro atoms. The third kappa shape index (κ3) is 2.13. The van der Waals surface area contributed by atoms with Gasteiger partial charge in [-0.25, -0.2) is 0 Å². The molecule has 1 rings (SSSR count). The Balaban J connectivity index is 2.69. The molecule has 0 saturated carbocycles. The lowest BCUT2D eigenvalue weighted by Crippen LogP contribution is -2.12. The highest BCUT2D eigenvalue weighted by atomic mass is 14.8. The SMILES string of the molecule is CCNCc1ccc(N)c(N)c1. The fourth-order valence-corrected chi connectivity index (χ4v) is 1.00. The lowest BCUT2D eigenvalue weighted by atomic mass is 10.2. The van der Waals surface area contributed by atoms with Gasteiger partial charge in [0.25, 0.3) is 0 Å². The fraction of sp³-hybridized carbons (Fsp3) is 0.333. The van der Waals surface area contributed by atoms with Crippen molar-refractivity contribution in [2.45, 2.75) is 13.5 Å². The summed E-state index contributed by atoms with van der Waals surface area (Å²) in [4.78, 5) is 0. The molecule has 3 nitrogen and oxygen atoms in total. The second-order valence-electron chi connectivity index (χ2n) is 2.74. The highest BCUT2D eigenvalue weighted by Gasteiger charge is 1.95. The molecule has 0 bridgehead atoms. The molecule has 66 valence electrons. The van der Waals surface area contributed by atoms with Crippen molar-refractivity contribution in [3.05, 3.63) is 23.8 Å². The zero-order valence-electron chi connectivity index (χ0n) is 7.30. The van der Waals surface area contributed by atoms with Crippen molar-refractivity contribution in [1.29, 1.82) is 0 Å². The van der Waals surface area contributed by atoms with E-state index in [-0.39, 0.29) is 0 Å². The predicted molar refractivity (Wildman–Crippen MR) is 52.6 cm³/mol. The average Bonchev–Trinajstić information content (AvgIpc) is 2.07. The van der Waals surface area contributed by atoms with Crippen LogP contribution in [0.25, 0.3) is 0 Å². The van der Waals surface area contributed by atoms with Crippen LogP contribution < -0.4 is 16.8 Å². The Morgan fingerprint density at radius 1 is 1.25 bits per heavy atom. The highest BCUT2D eigenvalue weighted by molar-refractivity contribution is 5.63. The molecule has 12 heavy (non-hydrogen) atoms. The summed E-state index contributed by atoms with van der Waals surface area (Å²) < 4.78 is 0. The first kappa shape index (κ1) is 8.87. The zero-order valence-corrected chi connectivity index (χ0v) is 7.30. The highest BCUT2D eigenvalue weighted by Crippen LogP contribution is 2.15. The van der Waals surface area contributed by atoms with Crippen LogP contribution in [0.15, 0.2) is 18.2 Å². The lowest BCUT2D eigenvalue weighted by molar-refractivity contribution is 0.727. The minimum absolute atomic E-state index is 0.648. The molecule has 0 saturated heterocycles. The van der Waals surface area contributed by atoms with E-state index in [4.69, 9.17) is 11.5 Å². The maximum Gasteiger partial charge on any atom is 0.0551 e. The van der Waals surface area contributed by atoms with Gasteiger partial charge in [-0.3, -0.25) is 0 Å². The molecule has 0 atom stereocenters. The number of nitrogens with one attached hydrogen (secondary N) is 1. The normalized spacial score (nSPS) is 10.1. The van der Waals surface area contributed by atoms with E-state index in [1.165, 1.54) is 5.56 Å². The van der Waals surface area contributed by atoms with Crippen LogP contribution in [0, 0.1) is 0 Å². The molecule has 0 aromatic heterocycles. The van der Waals surface area contributed by atoms with Crippen LogP contribution in [-0.2, 0) is 6.54 Å². The van der Waals surface area contributed by atoms with E-state index in [0.717, 1.165) is 13.1 Å². The molecule has 0 aliphatic carbocycles. The molecule has 0 aliphatic rings. The number of hydrogen-bond acceptors (Lipinski definition) is 3. The summed E-state index contributed by atoms with van der Waals surface area (Å²) in [5.74, 6) is 0. The molecular weight excluding hydrogens is 150 g/mol. The van der Waals surface area contributed by atoms with E-state index in [1.807, 2.05) is 18.2 Å². The molecule has 0 aliphatic heterocycles. The van der Waals surface area contributed by atoms with Gasteiger partial charge < -0.3 is 16.8 Å². The van der Waals surface area contributed by atoms with Crippen LogP contribution in [0.2, 0.25) is 0 Å². The minimum Gasteiger partial charge on any atom is -0.397 e. The maximum absolute atomic E-state index is 5.64. The predicted octanol–water partition coefficient (Wildman–Crippen LogP) is 0.961. The number of nitrogen functional groups attached to an aromatic ring is 2. The van der Waals surface area contributed by atoms with Gasteiger partial charge in [0.2, 0.25) is 0 Å². The standard InChI is InChI=1S/C9H15N3/c1-2-12-6-7-3-4-8(10)9(11)5-7/h3-5,12H,2,6,10-11H2,1H3. The van der Waals surface area contributed by atoms with E-state index in [0.29, 0.717) is 11.4 Å². The maximum atomic E-state index is 5.64. The Bertz CT molecular complexity index is 258. The van der Waals surface area contributed by atoms with Crippen molar-refractivity contribution >= 4 is 11.4 Å². The van der Waals surface area contributed by atoms with E-state index in [2.05, 4.69) is 12.2 Å². The van der Waals surface area contributed by atoms with Crippen LogP contribution in [0.4, 0.5) is 11.4 Å². The average molecular weight is 165 g/mol. The van der Waals surface area contributed by atoms with Crippen molar-refractivity contribution in [3.8, 4) is 0 Å². The molecule has 1 aromatic rings. The largest absolute Gasteiger partial charge is 0.397 e. The second kappa shape index (κ2) is 3.97. The number of anilines is 2. The molecule has 1 aromatic carbocycles. The van der Waals surface area contributed by atoms with Gasteiger partial charge in [-0.15, -0.1) is 0 Å². The summed E-state index contributed by atoms with van der Waals surface area (Å²) in [7, 11) is 0. The summed E-state index contributed by atoms with van der Waals surface area (Å²) in [5.41, 5.74) is 13.7. The molecule has 3 heteroatoms. The Hall–Kier alpha value is -1.22. The van der Waals surface area contributed by atoms with Crippen molar-refractivity contribution < 1.29 is 0 Å².